The Hall–Kier alpha value is -2.34. The lowest BCUT2D eigenvalue weighted by molar-refractivity contribution is 0.0722. The maximum absolute atomic E-state index is 12.7. The summed E-state index contributed by atoms with van der Waals surface area (Å²) in [6, 6.07) is 7.70. The van der Waals surface area contributed by atoms with E-state index < -0.39 is 0 Å². The zero-order chi connectivity index (χ0) is 16.4. The van der Waals surface area contributed by atoms with Crippen molar-refractivity contribution in [2.75, 3.05) is 27.4 Å². The van der Waals surface area contributed by atoms with Gasteiger partial charge in [-0.15, -0.1) is 0 Å². The summed E-state index contributed by atoms with van der Waals surface area (Å²) in [7, 11) is 3.31. The first-order chi connectivity index (χ1) is 11.2. The van der Waals surface area contributed by atoms with Crippen molar-refractivity contribution in [3.63, 3.8) is 0 Å². The van der Waals surface area contributed by atoms with Crippen molar-refractivity contribution in [1.82, 2.24) is 15.1 Å². The molecule has 2 heterocycles. The van der Waals surface area contributed by atoms with Gasteiger partial charge in [-0.25, -0.2) is 0 Å². The number of methoxy groups -OCH3 is 2. The summed E-state index contributed by atoms with van der Waals surface area (Å²) in [5.74, 6) is 0.745. The van der Waals surface area contributed by atoms with Crippen molar-refractivity contribution in [1.29, 1.82) is 0 Å². The number of nitrogens with one attached hydrogen (secondary N) is 1. The van der Waals surface area contributed by atoms with Crippen LogP contribution in [0.2, 0.25) is 0 Å². The minimum Gasteiger partial charge on any atom is -0.497 e. The van der Waals surface area contributed by atoms with Gasteiger partial charge < -0.3 is 14.4 Å². The molecule has 2 aromatic rings. The van der Waals surface area contributed by atoms with Crippen LogP contribution in [0, 0.1) is 6.92 Å². The molecule has 6 heteroatoms. The highest BCUT2D eigenvalue weighted by Gasteiger charge is 2.41. The molecule has 0 fully saturated rings. The van der Waals surface area contributed by atoms with Crippen LogP contribution in [-0.2, 0) is 4.74 Å². The van der Waals surface area contributed by atoms with E-state index in [1.807, 2.05) is 36.1 Å². The smallest absolute Gasteiger partial charge is 0.275 e. The molecular weight excluding hydrogens is 294 g/mol. The zero-order valence-electron chi connectivity index (χ0n) is 13.6. The van der Waals surface area contributed by atoms with E-state index in [0.29, 0.717) is 18.8 Å². The Bertz CT molecular complexity index is 711. The number of nitrogens with zero attached hydrogens (tertiary/aromatic N) is 2. The number of ether oxygens (including phenoxy) is 2. The molecule has 1 N–H and O–H groups in total. The predicted molar refractivity (Wildman–Crippen MR) is 85.7 cm³/mol. The highest BCUT2D eigenvalue weighted by Crippen LogP contribution is 2.40. The van der Waals surface area contributed by atoms with Crippen LogP contribution in [0.4, 0.5) is 0 Å². The van der Waals surface area contributed by atoms with Crippen LogP contribution in [0.5, 0.6) is 5.75 Å². The largest absolute Gasteiger partial charge is 0.497 e. The van der Waals surface area contributed by atoms with Crippen molar-refractivity contribution in [2.24, 2.45) is 0 Å². The molecule has 1 atom stereocenters. The molecule has 0 radical (unpaired) electrons. The van der Waals surface area contributed by atoms with Crippen LogP contribution >= 0.6 is 0 Å². The summed E-state index contributed by atoms with van der Waals surface area (Å²) >= 11 is 0. The average molecular weight is 315 g/mol. The summed E-state index contributed by atoms with van der Waals surface area (Å²) in [4.78, 5) is 14.6. The van der Waals surface area contributed by atoms with Crippen LogP contribution in [-0.4, -0.2) is 48.4 Å². The summed E-state index contributed by atoms with van der Waals surface area (Å²) < 4.78 is 10.4. The van der Waals surface area contributed by atoms with Gasteiger partial charge >= 0.3 is 0 Å². The van der Waals surface area contributed by atoms with Gasteiger partial charge in [-0.3, -0.25) is 9.89 Å². The summed E-state index contributed by atoms with van der Waals surface area (Å²) in [5.41, 5.74) is 3.43. The summed E-state index contributed by atoms with van der Waals surface area (Å²) in [6.45, 7) is 3.20. The molecule has 1 aliphatic heterocycles. The van der Waals surface area contributed by atoms with Gasteiger partial charge in [0.1, 0.15) is 5.75 Å². The fourth-order valence-corrected chi connectivity index (χ4v) is 3.11. The van der Waals surface area contributed by atoms with E-state index in [4.69, 9.17) is 9.47 Å². The number of aryl methyl sites for hydroxylation is 1. The van der Waals surface area contributed by atoms with Crippen LogP contribution in [0.3, 0.4) is 0 Å². The molecule has 3 rings (SSSR count). The number of carbonyl (C=O) groups excluding carboxylic acids is 1. The SMILES string of the molecule is COCCCN1C(=O)c2n[nH]c(C)c2C1c1cccc(OC)c1. The van der Waals surface area contributed by atoms with E-state index >= 15 is 0 Å². The van der Waals surface area contributed by atoms with Crippen LogP contribution in [0.15, 0.2) is 24.3 Å². The highest BCUT2D eigenvalue weighted by atomic mass is 16.5. The Balaban J connectivity index is 2.00. The topological polar surface area (TPSA) is 67.5 Å². The minimum absolute atomic E-state index is 0.0340. The Morgan fingerprint density at radius 2 is 2.17 bits per heavy atom. The molecule has 1 aliphatic rings. The predicted octanol–water partition coefficient (Wildman–Crippen LogP) is 2.31. The molecule has 0 saturated heterocycles. The molecule has 1 unspecified atom stereocenters. The lowest BCUT2D eigenvalue weighted by atomic mass is 9.99. The van der Waals surface area contributed by atoms with E-state index in [0.717, 1.165) is 29.0 Å². The number of amides is 1. The van der Waals surface area contributed by atoms with E-state index in [1.165, 1.54) is 0 Å². The van der Waals surface area contributed by atoms with Crippen molar-refractivity contribution < 1.29 is 14.3 Å². The van der Waals surface area contributed by atoms with Gasteiger partial charge in [0, 0.05) is 31.5 Å². The number of benzene rings is 1. The lowest BCUT2D eigenvalue weighted by Gasteiger charge is -2.26. The molecular formula is C17H21N3O3. The molecule has 1 aromatic carbocycles. The maximum atomic E-state index is 12.7. The number of fused-ring (bicyclic) bond motifs is 1. The van der Waals surface area contributed by atoms with Crippen molar-refractivity contribution in [2.45, 2.75) is 19.4 Å². The summed E-state index contributed by atoms with van der Waals surface area (Å²) in [6.07, 6.45) is 0.787. The third-order valence-electron chi connectivity index (χ3n) is 4.20. The van der Waals surface area contributed by atoms with Gasteiger partial charge in [0.25, 0.3) is 5.91 Å². The highest BCUT2D eigenvalue weighted by molar-refractivity contribution is 5.98. The standard InChI is InChI=1S/C17H21N3O3/c1-11-14-15(19-18-11)17(21)20(8-5-9-22-2)16(14)12-6-4-7-13(10-12)23-3/h4,6-7,10,16H,5,8-9H2,1-3H3,(H,18,19). The van der Waals surface area contributed by atoms with E-state index in [2.05, 4.69) is 10.2 Å². The first-order valence-electron chi connectivity index (χ1n) is 7.66. The second-order valence-corrected chi connectivity index (χ2v) is 5.63. The van der Waals surface area contributed by atoms with Gasteiger partial charge in [-0.1, -0.05) is 12.1 Å². The van der Waals surface area contributed by atoms with Crippen molar-refractivity contribution in [3.8, 4) is 5.75 Å². The quantitative estimate of drug-likeness (QED) is 0.831. The first-order valence-corrected chi connectivity index (χ1v) is 7.66. The fraction of sp³-hybridized carbons (Fsp3) is 0.412. The molecule has 1 amide bonds. The third kappa shape index (κ3) is 2.70. The Morgan fingerprint density at radius 3 is 2.91 bits per heavy atom. The Labute approximate surface area is 135 Å². The van der Waals surface area contributed by atoms with Gasteiger partial charge in [-0.2, -0.15) is 5.10 Å². The van der Waals surface area contributed by atoms with Gasteiger partial charge in [-0.05, 0) is 31.0 Å². The van der Waals surface area contributed by atoms with Gasteiger partial charge in [0.2, 0.25) is 0 Å². The molecule has 1 aromatic heterocycles. The molecule has 6 nitrogen and oxygen atoms in total. The fourth-order valence-electron chi connectivity index (χ4n) is 3.11. The van der Waals surface area contributed by atoms with Crippen LogP contribution in [0.1, 0.15) is 39.8 Å². The molecule has 0 spiro atoms. The Kier molecular flexibility index (Phi) is 4.34. The van der Waals surface area contributed by atoms with Gasteiger partial charge in [0.15, 0.2) is 5.69 Å². The molecule has 0 bridgehead atoms. The van der Waals surface area contributed by atoms with Crippen molar-refractivity contribution in [3.05, 3.63) is 46.8 Å². The van der Waals surface area contributed by atoms with E-state index in [9.17, 15) is 4.79 Å². The minimum atomic E-state index is -0.136. The van der Waals surface area contributed by atoms with E-state index in [-0.39, 0.29) is 11.9 Å². The average Bonchev–Trinajstić information content (AvgIpc) is 3.07. The number of hydrogen-bond acceptors (Lipinski definition) is 4. The van der Waals surface area contributed by atoms with Crippen LogP contribution in [0.25, 0.3) is 0 Å². The third-order valence-corrected chi connectivity index (χ3v) is 4.20. The van der Waals surface area contributed by atoms with Crippen molar-refractivity contribution >= 4 is 5.91 Å². The number of H-pyrrole nitrogens is 1. The van der Waals surface area contributed by atoms with E-state index in [1.54, 1.807) is 14.2 Å². The summed E-state index contributed by atoms with van der Waals surface area (Å²) in [5, 5.41) is 7.13. The second-order valence-electron chi connectivity index (χ2n) is 5.63. The number of rotatable bonds is 6. The number of aromatic amines is 1. The monoisotopic (exact) mass is 315 g/mol. The number of aromatic nitrogens is 2. The first kappa shape index (κ1) is 15.6. The zero-order valence-corrected chi connectivity index (χ0v) is 13.6. The van der Waals surface area contributed by atoms with Crippen LogP contribution < -0.4 is 4.74 Å². The normalized spacial score (nSPS) is 16.7. The molecule has 0 saturated carbocycles. The molecule has 0 aliphatic carbocycles. The Morgan fingerprint density at radius 1 is 1.35 bits per heavy atom. The number of hydrogen-bond donors (Lipinski definition) is 1. The van der Waals surface area contributed by atoms with Gasteiger partial charge in [0.05, 0.1) is 13.2 Å². The lowest BCUT2D eigenvalue weighted by Crippen LogP contribution is -2.31. The molecule has 122 valence electrons. The second kappa shape index (κ2) is 6.42. The maximum Gasteiger partial charge on any atom is 0.275 e. The molecule has 23 heavy (non-hydrogen) atoms. The number of carbonyl (C=O) groups is 1.